The maximum Gasteiger partial charge on any atom is 0.313 e. The summed E-state index contributed by atoms with van der Waals surface area (Å²) in [6.45, 7) is 9.69. The first kappa shape index (κ1) is 26.0. The first-order valence-corrected chi connectivity index (χ1v) is 13.4. The van der Waals surface area contributed by atoms with Crippen LogP contribution in [0.4, 0.5) is 5.69 Å². The molecule has 1 aromatic carbocycles. The third-order valence-electron chi connectivity index (χ3n) is 6.62. The van der Waals surface area contributed by atoms with Crippen LogP contribution in [-0.4, -0.2) is 110 Å². The van der Waals surface area contributed by atoms with Crippen molar-refractivity contribution in [2.45, 2.75) is 43.5 Å². The highest BCUT2D eigenvalue weighted by molar-refractivity contribution is 7.99. The van der Waals surface area contributed by atoms with Gasteiger partial charge in [-0.05, 0) is 90.2 Å². The highest BCUT2D eigenvalue weighted by Crippen LogP contribution is 2.22. The number of likely N-dealkylation sites (N-methyl/N-ethyl adjacent to an activating group) is 2. The summed E-state index contributed by atoms with van der Waals surface area (Å²) in [7, 11) is 3.97. The van der Waals surface area contributed by atoms with Gasteiger partial charge < -0.3 is 20.0 Å². The molecular weight excluding hydrogens is 434 g/mol. The van der Waals surface area contributed by atoms with Crippen LogP contribution >= 0.6 is 11.8 Å². The van der Waals surface area contributed by atoms with Crippen LogP contribution in [0.2, 0.25) is 0 Å². The molecule has 2 amide bonds. The molecule has 0 bridgehead atoms. The minimum atomic E-state index is -0.552. The van der Waals surface area contributed by atoms with Crippen LogP contribution in [0, 0.1) is 0 Å². The number of nitrogens with one attached hydrogen (secondary N) is 1. The topological polar surface area (TPSA) is 59.1 Å². The largest absolute Gasteiger partial charge is 0.332 e. The molecule has 33 heavy (non-hydrogen) atoms. The number of hydrogen-bond donors (Lipinski definition) is 1. The first-order chi connectivity index (χ1) is 16.0. The standard InChI is InChI=1S/C25H41N5O2S/c1-4-29-15-7-8-22(29)20-30(17-16-27(2)3)25(32)24(31)26-21-9-11-23(12-10-21)33-19-18-28-13-5-6-14-28/h9-12,22H,4-8,13-20H2,1-3H3,(H,26,31). The van der Waals surface area contributed by atoms with Gasteiger partial charge in [-0.3, -0.25) is 14.5 Å². The summed E-state index contributed by atoms with van der Waals surface area (Å²) < 4.78 is 0. The number of nitrogens with zero attached hydrogens (tertiary/aromatic N) is 4. The lowest BCUT2D eigenvalue weighted by molar-refractivity contribution is -0.143. The molecule has 2 fully saturated rings. The van der Waals surface area contributed by atoms with Gasteiger partial charge in [0.15, 0.2) is 0 Å². The summed E-state index contributed by atoms with van der Waals surface area (Å²) in [5.74, 6) is 0.0779. The second-order valence-corrected chi connectivity index (χ2v) is 10.5. The predicted molar refractivity (Wildman–Crippen MR) is 137 cm³/mol. The summed E-state index contributed by atoms with van der Waals surface area (Å²) in [5.41, 5.74) is 0.667. The van der Waals surface area contributed by atoms with E-state index in [0.29, 0.717) is 24.8 Å². The third-order valence-corrected chi connectivity index (χ3v) is 7.61. The molecule has 0 aromatic heterocycles. The van der Waals surface area contributed by atoms with Crippen molar-refractivity contribution >= 4 is 29.3 Å². The van der Waals surface area contributed by atoms with Crippen LogP contribution in [0.5, 0.6) is 0 Å². The van der Waals surface area contributed by atoms with Crippen molar-refractivity contribution in [3.05, 3.63) is 24.3 Å². The minimum absolute atomic E-state index is 0.339. The molecule has 0 radical (unpaired) electrons. The molecule has 2 aliphatic heterocycles. The fourth-order valence-corrected chi connectivity index (χ4v) is 5.54. The van der Waals surface area contributed by atoms with Gasteiger partial charge in [-0.25, -0.2) is 0 Å². The minimum Gasteiger partial charge on any atom is -0.332 e. The summed E-state index contributed by atoms with van der Waals surface area (Å²) in [6.07, 6.45) is 4.88. The number of carbonyl (C=O) groups is 2. The van der Waals surface area contributed by atoms with E-state index in [9.17, 15) is 9.59 Å². The zero-order chi connectivity index (χ0) is 23.6. The van der Waals surface area contributed by atoms with E-state index in [-0.39, 0.29) is 0 Å². The number of amides is 2. The van der Waals surface area contributed by atoms with E-state index in [1.54, 1.807) is 4.90 Å². The van der Waals surface area contributed by atoms with Gasteiger partial charge >= 0.3 is 11.8 Å². The zero-order valence-corrected chi connectivity index (χ0v) is 21.4. The Morgan fingerprint density at radius 3 is 2.45 bits per heavy atom. The van der Waals surface area contributed by atoms with Gasteiger partial charge in [0.25, 0.3) is 0 Å². The van der Waals surface area contributed by atoms with Gasteiger partial charge in [-0.15, -0.1) is 11.8 Å². The molecule has 2 heterocycles. The van der Waals surface area contributed by atoms with Crippen LogP contribution in [0.25, 0.3) is 0 Å². The molecule has 0 saturated carbocycles. The van der Waals surface area contributed by atoms with Gasteiger partial charge in [-0.1, -0.05) is 6.92 Å². The zero-order valence-electron chi connectivity index (χ0n) is 20.6. The van der Waals surface area contributed by atoms with Crippen LogP contribution in [0.1, 0.15) is 32.6 Å². The third kappa shape index (κ3) is 8.28. The first-order valence-electron chi connectivity index (χ1n) is 12.4. The summed E-state index contributed by atoms with van der Waals surface area (Å²) in [6, 6.07) is 8.17. The highest BCUT2D eigenvalue weighted by Gasteiger charge is 2.29. The SMILES string of the molecule is CCN1CCCC1CN(CCN(C)C)C(=O)C(=O)Nc1ccc(SCCN2CCCC2)cc1. The Kier molecular flexibility index (Phi) is 10.5. The lowest BCUT2D eigenvalue weighted by Gasteiger charge is -2.30. The summed E-state index contributed by atoms with van der Waals surface area (Å²) in [5, 5.41) is 2.81. The van der Waals surface area contributed by atoms with Crippen molar-refractivity contribution in [3.8, 4) is 0 Å². The Bertz CT molecular complexity index is 752. The Labute approximate surface area is 203 Å². The van der Waals surface area contributed by atoms with Crippen LogP contribution in [0.15, 0.2) is 29.2 Å². The molecule has 7 nitrogen and oxygen atoms in total. The van der Waals surface area contributed by atoms with Gasteiger partial charge in [0, 0.05) is 48.6 Å². The van der Waals surface area contributed by atoms with Gasteiger partial charge in [0.1, 0.15) is 0 Å². The fraction of sp³-hybridized carbons (Fsp3) is 0.680. The predicted octanol–water partition coefficient (Wildman–Crippen LogP) is 2.69. The second kappa shape index (κ2) is 13.3. The Balaban J connectivity index is 1.51. The maximum atomic E-state index is 13.0. The average Bonchev–Trinajstić information content (AvgIpc) is 3.49. The van der Waals surface area contributed by atoms with Crippen LogP contribution in [0.3, 0.4) is 0 Å². The quantitative estimate of drug-likeness (QED) is 0.392. The van der Waals surface area contributed by atoms with Crippen LogP contribution in [-0.2, 0) is 9.59 Å². The number of anilines is 1. The smallest absolute Gasteiger partial charge is 0.313 e. The van der Waals surface area contributed by atoms with E-state index >= 15 is 0 Å². The molecule has 184 valence electrons. The van der Waals surface area contributed by atoms with E-state index in [1.807, 2.05) is 55.0 Å². The summed E-state index contributed by atoms with van der Waals surface area (Å²) >= 11 is 1.84. The lowest BCUT2D eigenvalue weighted by atomic mass is 10.2. The number of benzene rings is 1. The van der Waals surface area contributed by atoms with E-state index in [4.69, 9.17) is 0 Å². The van der Waals surface area contributed by atoms with Gasteiger partial charge in [0.2, 0.25) is 0 Å². The van der Waals surface area contributed by atoms with E-state index < -0.39 is 11.8 Å². The monoisotopic (exact) mass is 475 g/mol. The van der Waals surface area contributed by atoms with E-state index in [2.05, 4.69) is 22.0 Å². The molecule has 8 heteroatoms. The Morgan fingerprint density at radius 1 is 1.06 bits per heavy atom. The lowest BCUT2D eigenvalue weighted by Crippen LogP contribution is -2.48. The van der Waals surface area contributed by atoms with Crippen molar-refractivity contribution in [1.29, 1.82) is 0 Å². The van der Waals surface area contributed by atoms with Gasteiger partial charge in [-0.2, -0.15) is 0 Å². The van der Waals surface area contributed by atoms with Gasteiger partial charge in [0.05, 0.1) is 0 Å². The molecule has 1 aromatic rings. The molecule has 0 aliphatic carbocycles. The summed E-state index contributed by atoms with van der Waals surface area (Å²) in [4.78, 5) is 35.7. The second-order valence-electron chi connectivity index (χ2n) is 9.35. The molecule has 2 aliphatic rings. The van der Waals surface area contributed by atoms with Crippen LogP contribution < -0.4 is 5.32 Å². The molecule has 1 atom stereocenters. The Morgan fingerprint density at radius 2 is 1.79 bits per heavy atom. The van der Waals surface area contributed by atoms with Crippen molar-refractivity contribution in [2.75, 3.05) is 77.5 Å². The maximum absolute atomic E-state index is 13.0. The van der Waals surface area contributed by atoms with E-state index in [0.717, 1.165) is 44.8 Å². The molecule has 2 saturated heterocycles. The molecule has 1 unspecified atom stereocenters. The van der Waals surface area contributed by atoms with Crippen molar-refractivity contribution < 1.29 is 9.59 Å². The number of hydrogen-bond acceptors (Lipinski definition) is 6. The van der Waals surface area contributed by atoms with Crippen molar-refractivity contribution in [2.24, 2.45) is 0 Å². The number of likely N-dealkylation sites (tertiary alicyclic amines) is 2. The molecule has 0 spiro atoms. The highest BCUT2D eigenvalue weighted by atomic mass is 32.2. The fourth-order valence-electron chi connectivity index (χ4n) is 4.63. The molecule has 1 N–H and O–H groups in total. The van der Waals surface area contributed by atoms with Crippen molar-refractivity contribution in [3.63, 3.8) is 0 Å². The molecule has 3 rings (SSSR count). The average molecular weight is 476 g/mol. The Hall–Kier alpha value is -1.61. The van der Waals surface area contributed by atoms with Crippen molar-refractivity contribution in [1.82, 2.24) is 19.6 Å². The normalized spacial score (nSPS) is 19.3. The number of rotatable bonds is 11. The number of carbonyl (C=O) groups excluding carboxylic acids is 2. The van der Waals surface area contributed by atoms with E-state index in [1.165, 1.54) is 30.8 Å². The molecular formula is C25H41N5O2S. The number of thioether (sulfide) groups is 1.